The van der Waals surface area contributed by atoms with Crippen molar-refractivity contribution in [2.24, 2.45) is 0 Å². The fourth-order valence-electron chi connectivity index (χ4n) is 2.25. The molecule has 0 bridgehead atoms. The van der Waals surface area contributed by atoms with Gasteiger partial charge in [0.25, 0.3) is 0 Å². The number of carbonyl (C=O) groups excluding carboxylic acids is 1. The first-order chi connectivity index (χ1) is 11.9. The van der Waals surface area contributed by atoms with Gasteiger partial charge in [0.05, 0.1) is 4.90 Å². The maximum atomic E-state index is 12.1. The summed E-state index contributed by atoms with van der Waals surface area (Å²) in [5.74, 6) is -0.00232. The Hall–Kier alpha value is -1.89. The summed E-state index contributed by atoms with van der Waals surface area (Å²) < 4.78 is 26.6. The Morgan fingerprint density at radius 3 is 2.36 bits per heavy atom. The van der Waals surface area contributed by atoms with E-state index in [4.69, 9.17) is 11.6 Å². The lowest BCUT2D eigenvalue weighted by molar-refractivity contribution is -0.120. The van der Waals surface area contributed by atoms with Crippen molar-refractivity contribution in [2.75, 3.05) is 13.1 Å². The molecule has 0 saturated heterocycles. The first-order valence-electron chi connectivity index (χ1n) is 7.95. The minimum Gasteiger partial charge on any atom is -0.355 e. The van der Waals surface area contributed by atoms with Gasteiger partial charge in [-0.05, 0) is 35.7 Å². The van der Waals surface area contributed by atoms with Crippen LogP contribution < -0.4 is 10.0 Å². The lowest BCUT2D eigenvalue weighted by Crippen LogP contribution is -2.32. The molecule has 0 aliphatic rings. The van der Waals surface area contributed by atoms with Gasteiger partial charge in [0.1, 0.15) is 0 Å². The van der Waals surface area contributed by atoms with Crippen molar-refractivity contribution in [1.82, 2.24) is 10.0 Å². The van der Waals surface area contributed by atoms with Gasteiger partial charge in [-0.15, -0.1) is 0 Å². The molecule has 0 aromatic heterocycles. The van der Waals surface area contributed by atoms with Crippen LogP contribution in [0.5, 0.6) is 0 Å². The first-order valence-corrected chi connectivity index (χ1v) is 9.81. The van der Waals surface area contributed by atoms with E-state index in [1.54, 1.807) is 0 Å². The lowest BCUT2D eigenvalue weighted by atomic mass is 10.0. The minimum absolute atomic E-state index is 0.0382. The van der Waals surface area contributed by atoms with Crippen molar-refractivity contribution in [3.05, 3.63) is 65.2 Å². The molecule has 2 aromatic rings. The Bertz CT molecular complexity index is 793. The molecule has 0 unspecified atom stereocenters. The molecule has 0 spiro atoms. The number of sulfonamides is 1. The molecule has 7 heteroatoms. The summed E-state index contributed by atoms with van der Waals surface area (Å²) >= 11 is 5.74. The number of amides is 1. The minimum atomic E-state index is -3.64. The number of nitrogens with one attached hydrogen (secondary N) is 2. The van der Waals surface area contributed by atoms with E-state index in [-0.39, 0.29) is 29.7 Å². The molecule has 0 fully saturated rings. The average Bonchev–Trinajstić information content (AvgIpc) is 2.60. The molecular weight excluding hydrogens is 360 g/mol. The lowest BCUT2D eigenvalue weighted by Gasteiger charge is -2.13. The molecule has 0 aliphatic heterocycles. The van der Waals surface area contributed by atoms with Crippen molar-refractivity contribution >= 4 is 27.5 Å². The van der Waals surface area contributed by atoms with E-state index < -0.39 is 10.0 Å². The van der Waals surface area contributed by atoms with Gasteiger partial charge in [0.2, 0.25) is 15.9 Å². The SMILES string of the molecule is C[C@@H](CNC(=O)CCNS(=O)(=O)c1ccc(Cl)cc1)c1ccccc1. The largest absolute Gasteiger partial charge is 0.355 e. The van der Waals surface area contributed by atoms with Crippen molar-refractivity contribution in [2.45, 2.75) is 24.2 Å². The third kappa shape index (κ3) is 6.16. The predicted molar refractivity (Wildman–Crippen MR) is 99.1 cm³/mol. The maximum Gasteiger partial charge on any atom is 0.240 e. The Balaban J connectivity index is 1.75. The summed E-state index contributed by atoms with van der Waals surface area (Å²) in [5, 5.41) is 3.29. The summed E-state index contributed by atoms with van der Waals surface area (Å²) in [6, 6.07) is 15.7. The summed E-state index contributed by atoms with van der Waals surface area (Å²) in [7, 11) is -3.64. The van der Waals surface area contributed by atoms with Crippen LogP contribution in [-0.2, 0) is 14.8 Å². The summed E-state index contributed by atoms with van der Waals surface area (Å²) in [6.45, 7) is 2.57. The summed E-state index contributed by atoms with van der Waals surface area (Å²) in [6.07, 6.45) is 0.0777. The Labute approximate surface area is 153 Å². The molecule has 1 atom stereocenters. The summed E-state index contributed by atoms with van der Waals surface area (Å²) in [5.41, 5.74) is 1.14. The van der Waals surface area contributed by atoms with Crippen molar-refractivity contribution < 1.29 is 13.2 Å². The molecule has 5 nitrogen and oxygen atoms in total. The molecular formula is C18H21ClN2O3S. The second kappa shape index (κ2) is 8.99. The highest BCUT2D eigenvalue weighted by Gasteiger charge is 2.14. The second-order valence-electron chi connectivity index (χ2n) is 5.72. The highest BCUT2D eigenvalue weighted by molar-refractivity contribution is 7.89. The van der Waals surface area contributed by atoms with Crippen LogP contribution in [0.2, 0.25) is 5.02 Å². The fourth-order valence-corrected chi connectivity index (χ4v) is 3.41. The van der Waals surface area contributed by atoms with E-state index in [0.717, 1.165) is 5.56 Å². The molecule has 0 heterocycles. The van der Waals surface area contributed by atoms with Crippen LogP contribution >= 0.6 is 11.6 Å². The summed E-state index contributed by atoms with van der Waals surface area (Å²) in [4.78, 5) is 12.0. The van der Waals surface area contributed by atoms with Crippen LogP contribution in [0.4, 0.5) is 0 Å². The number of hydrogen-bond donors (Lipinski definition) is 2. The van der Waals surface area contributed by atoms with Gasteiger partial charge in [-0.3, -0.25) is 4.79 Å². The average molecular weight is 381 g/mol. The highest BCUT2D eigenvalue weighted by atomic mass is 35.5. The van der Waals surface area contributed by atoms with Crippen LogP contribution in [0.25, 0.3) is 0 Å². The zero-order valence-electron chi connectivity index (χ0n) is 13.9. The van der Waals surface area contributed by atoms with Gasteiger partial charge in [-0.1, -0.05) is 48.9 Å². The zero-order chi connectivity index (χ0) is 18.3. The van der Waals surface area contributed by atoms with E-state index >= 15 is 0 Å². The molecule has 1 amide bonds. The van der Waals surface area contributed by atoms with Crippen LogP contribution in [-0.4, -0.2) is 27.4 Å². The topological polar surface area (TPSA) is 75.3 Å². The molecule has 0 radical (unpaired) electrons. The number of carbonyl (C=O) groups is 1. The van der Waals surface area contributed by atoms with E-state index in [9.17, 15) is 13.2 Å². The van der Waals surface area contributed by atoms with Gasteiger partial charge in [0.15, 0.2) is 0 Å². The Kier molecular flexibility index (Phi) is 6.99. The zero-order valence-corrected chi connectivity index (χ0v) is 15.5. The molecule has 2 N–H and O–H groups in total. The quantitative estimate of drug-likeness (QED) is 0.739. The molecule has 25 heavy (non-hydrogen) atoms. The van der Waals surface area contributed by atoms with Crippen LogP contribution in [0.15, 0.2) is 59.5 Å². The maximum absolute atomic E-state index is 12.1. The number of halogens is 1. The third-order valence-corrected chi connectivity index (χ3v) is 5.47. The van der Waals surface area contributed by atoms with Crippen molar-refractivity contribution in [3.8, 4) is 0 Å². The number of benzene rings is 2. The van der Waals surface area contributed by atoms with Gasteiger partial charge in [-0.2, -0.15) is 0 Å². The van der Waals surface area contributed by atoms with Crippen molar-refractivity contribution in [1.29, 1.82) is 0 Å². The van der Waals surface area contributed by atoms with E-state index in [2.05, 4.69) is 10.0 Å². The molecule has 0 aliphatic carbocycles. The standard InChI is InChI=1S/C18H21ClN2O3S/c1-14(15-5-3-2-4-6-15)13-20-18(22)11-12-21-25(23,24)17-9-7-16(19)8-10-17/h2-10,14,21H,11-13H2,1H3,(H,20,22)/t14-/m0/s1. The highest BCUT2D eigenvalue weighted by Crippen LogP contribution is 2.14. The number of hydrogen-bond acceptors (Lipinski definition) is 3. The van der Waals surface area contributed by atoms with E-state index in [1.165, 1.54) is 24.3 Å². The van der Waals surface area contributed by atoms with Crippen LogP contribution in [0.1, 0.15) is 24.8 Å². The first kappa shape index (κ1) is 19.4. The molecule has 134 valence electrons. The monoisotopic (exact) mass is 380 g/mol. The molecule has 2 aromatic carbocycles. The third-order valence-electron chi connectivity index (χ3n) is 3.74. The van der Waals surface area contributed by atoms with Crippen molar-refractivity contribution in [3.63, 3.8) is 0 Å². The predicted octanol–water partition coefficient (Wildman–Crippen LogP) is 2.93. The normalized spacial score (nSPS) is 12.6. The van der Waals surface area contributed by atoms with E-state index in [0.29, 0.717) is 11.6 Å². The second-order valence-corrected chi connectivity index (χ2v) is 7.92. The van der Waals surface area contributed by atoms with E-state index in [1.807, 2.05) is 37.3 Å². The van der Waals surface area contributed by atoms with Crippen LogP contribution in [0.3, 0.4) is 0 Å². The Morgan fingerprint density at radius 1 is 1.08 bits per heavy atom. The van der Waals surface area contributed by atoms with Gasteiger partial charge in [0, 0.05) is 24.5 Å². The molecule has 2 rings (SSSR count). The fraction of sp³-hybridized carbons (Fsp3) is 0.278. The Morgan fingerprint density at radius 2 is 1.72 bits per heavy atom. The smallest absolute Gasteiger partial charge is 0.240 e. The molecule has 0 saturated carbocycles. The van der Waals surface area contributed by atoms with Gasteiger partial charge in [-0.25, -0.2) is 13.1 Å². The van der Waals surface area contributed by atoms with Gasteiger partial charge >= 0.3 is 0 Å². The van der Waals surface area contributed by atoms with Crippen LogP contribution in [0, 0.1) is 0 Å². The number of rotatable bonds is 8. The van der Waals surface area contributed by atoms with Gasteiger partial charge < -0.3 is 5.32 Å².